The van der Waals surface area contributed by atoms with Crippen molar-refractivity contribution in [2.24, 2.45) is 0 Å². The predicted molar refractivity (Wildman–Crippen MR) is 55.0 cm³/mol. The van der Waals surface area contributed by atoms with Gasteiger partial charge in [-0.1, -0.05) is 0 Å². The van der Waals surface area contributed by atoms with Gasteiger partial charge in [0.25, 0.3) is 0 Å². The molecule has 6 nitrogen and oxygen atoms in total. The second kappa shape index (κ2) is 4.29. The molecule has 0 aliphatic carbocycles. The third-order valence-electron chi connectivity index (χ3n) is 2.22. The summed E-state index contributed by atoms with van der Waals surface area (Å²) in [6.07, 6.45) is -1.18. The Morgan fingerprint density at radius 2 is 2.12 bits per heavy atom. The predicted octanol–water partition coefficient (Wildman–Crippen LogP) is 0.441. The van der Waals surface area contributed by atoms with Crippen molar-refractivity contribution in [2.75, 3.05) is 6.54 Å². The molecule has 92 valence electrons. The number of hydrogen-bond acceptors (Lipinski definition) is 4. The van der Waals surface area contributed by atoms with Crippen LogP contribution in [0.3, 0.4) is 0 Å². The molecule has 1 amide bonds. The average Bonchev–Trinajstić information content (AvgIpc) is 2.57. The number of aliphatic hydroxyl groups excluding tert-OH is 1. The highest BCUT2D eigenvalue weighted by atomic mass is 16.6. The van der Waals surface area contributed by atoms with Crippen molar-refractivity contribution in [2.45, 2.75) is 44.9 Å². The molecule has 2 N–H and O–H groups in total. The number of ether oxygens (including phenoxy) is 1. The molecular formula is C10H17NO5. The van der Waals surface area contributed by atoms with Gasteiger partial charge in [-0.05, 0) is 27.2 Å². The number of carboxylic acids is 1. The van der Waals surface area contributed by atoms with Crippen molar-refractivity contribution in [3.63, 3.8) is 0 Å². The first-order chi connectivity index (χ1) is 7.76. The lowest BCUT2D eigenvalue weighted by Gasteiger charge is -2.27. The number of hydrogen-bond donors (Lipinski definition) is 2. The Bertz CT molecular complexity index is 314. The molecule has 1 rings (SSSR count). The molecule has 0 bridgehead atoms. The van der Waals surface area contributed by atoms with Gasteiger partial charge in [-0.2, -0.15) is 0 Å². The minimum atomic E-state index is -1.19. The first-order valence-electron chi connectivity index (χ1n) is 5.51. The lowest BCUT2D eigenvalue weighted by molar-refractivity contribution is -0.144. The number of carbonyl (C=O) groups is 2. The van der Waals surface area contributed by atoms with E-state index in [1.807, 2.05) is 0 Å². The van der Waals surface area contributed by atoms with Gasteiger partial charge in [-0.25, -0.2) is 9.59 Å². The Balaban J connectivity index is 2.76. The summed E-state index contributed by atoms with van der Waals surface area (Å²) in [5, 5.41) is 13.3. The van der Waals surface area contributed by atoms with Gasteiger partial charge in [0, 0.05) is 6.54 Å². The zero-order chi connectivity index (χ0) is 13.2. The number of carboxylic acid groups (broad SMARTS) is 1. The Kier molecular flexibility index (Phi) is 3.00. The first kappa shape index (κ1) is 11.2. The van der Waals surface area contributed by atoms with E-state index in [9.17, 15) is 9.59 Å². The van der Waals surface area contributed by atoms with Gasteiger partial charge in [0.1, 0.15) is 5.60 Å². The van der Waals surface area contributed by atoms with Crippen LogP contribution < -0.4 is 0 Å². The standard InChI is InChI=1S/C10H17NO5/c1-10(2,3)16-9(15)11-5-4-6(12)7(11)8(13)14/h6-7,12H,4-5H2,1-3H3,(H,13,14)/t6-,7+/m1/s1/i12D. The van der Waals surface area contributed by atoms with Crippen LogP contribution in [0.25, 0.3) is 0 Å². The number of likely N-dealkylation sites (tertiary alicyclic amines) is 1. The number of nitrogens with zero attached hydrogens (tertiary/aromatic N) is 1. The van der Waals surface area contributed by atoms with Crippen LogP contribution >= 0.6 is 0 Å². The fourth-order valence-corrected chi connectivity index (χ4v) is 1.58. The van der Waals surface area contributed by atoms with Gasteiger partial charge < -0.3 is 15.0 Å². The Hall–Kier alpha value is -1.30. The molecule has 16 heavy (non-hydrogen) atoms. The molecule has 0 saturated carbocycles. The molecule has 0 radical (unpaired) electrons. The zero-order valence-corrected chi connectivity index (χ0v) is 9.60. The van der Waals surface area contributed by atoms with Crippen molar-refractivity contribution in [1.82, 2.24) is 4.90 Å². The third-order valence-corrected chi connectivity index (χ3v) is 2.22. The normalized spacial score (nSPS) is 26.4. The molecule has 6 heteroatoms. The Labute approximate surface area is 95.3 Å². The highest BCUT2D eigenvalue weighted by Gasteiger charge is 2.42. The third kappa shape index (κ3) is 2.85. The zero-order valence-electron chi connectivity index (χ0n) is 10.6. The molecule has 1 heterocycles. The lowest BCUT2D eigenvalue weighted by Crippen LogP contribution is -2.46. The molecule has 1 aliphatic rings. The molecular weight excluding hydrogens is 214 g/mol. The number of aliphatic carboxylic acids is 1. The van der Waals surface area contributed by atoms with E-state index >= 15 is 0 Å². The van der Waals surface area contributed by atoms with E-state index in [1.54, 1.807) is 20.8 Å². The van der Waals surface area contributed by atoms with Crippen LogP contribution in [0, 0.1) is 0 Å². The van der Waals surface area contributed by atoms with Gasteiger partial charge in [0.2, 0.25) is 1.43 Å². The molecule has 0 aromatic carbocycles. The maximum absolute atomic E-state index is 11.8. The fourth-order valence-electron chi connectivity index (χ4n) is 1.58. The van der Waals surface area contributed by atoms with Gasteiger partial charge in [-0.3, -0.25) is 4.90 Å². The van der Waals surface area contributed by atoms with E-state index in [0.717, 1.165) is 4.90 Å². The van der Waals surface area contributed by atoms with Gasteiger partial charge in [0.15, 0.2) is 6.04 Å². The van der Waals surface area contributed by atoms with Crippen LogP contribution in [-0.4, -0.2) is 52.9 Å². The van der Waals surface area contributed by atoms with Crippen LogP contribution in [0.2, 0.25) is 0 Å². The second-order valence-electron chi connectivity index (χ2n) is 4.78. The van der Waals surface area contributed by atoms with E-state index < -0.39 is 29.8 Å². The monoisotopic (exact) mass is 232 g/mol. The average molecular weight is 232 g/mol. The SMILES string of the molecule is [2H]O[C@@H]1CCN(C(=O)OC(C)(C)C)[C@@H]1C(=O)O. The summed E-state index contributed by atoms with van der Waals surface area (Å²) in [6.45, 7) is 5.33. The summed E-state index contributed by atoms with van der Waals surface area (Å²) in [7, 11) is 0. The second-order valence-corrected chi connectivity index (χ2v) is 4.78. The van der Waals surface area contributed by atoms with Gasteiger partial charge in [-0.15, -0.1) is 0 Å². The van der Waals surface area contributed by atoms with E-state index in [1.165, 1.54) is 0 Å². The summed E-state index contributed by atoms with van der Waals surface area (Å²) < 4.78 is 11.9. The Morgan fingerprint density at radius 1 is 1.50 bits per heavy atom. The van der Waals surface area contributed by atoms with Crippen molar-refractivity contribution >= 4 is 12.1 Å². The summed E-state index contributed by atoms with van der Waals surface area (Å²) in [6, 6.07) is -1.15. The van der Waals surface area contributed by atoms with E-state index in [4.69, 9.17) is 11.3 Å². The quantitative estimate of drug-likeness (QED) is 0.721. The largest absolute Gasteiger partial charge is 0.480 e. The van der Waals surface area contributed by atoms with Crippen molar-refractivity contribution in [3.8, 4) is 0 Å². The van der Waals surface area contributed by atoms with Crippen molar-refractivity contribution in [3.05, 3.63) is 0 Å². The lowest BCUT2D eigenvalue weighted by atomic mass is 10.2. The number of amides is 1. The number of carbonyl (C=O) groups excluding carboxylic acids is 1. The van der Waals surface area contributed by atoms with E-state index in [2.05, 4.69) is 5.11 Å². The fraction of sp³-hybridized carbons (Fsp3) is 0.800. The van der Waals surface area contributed by atoms with Crippen molar-refractivity contribution in [1.29, 1.82) is 1.43 Å². The van der Waals surface area contributed by atoms with Crippen LogP contribution in [0.5, 0.6) is 0 Å². The number of rotatable bonds is 2. The molecule has 1 fully saturated rings. The molecule has 0 aromatic rings. The maximum atomic E-state index is 11.8. The molecule has 0 aromatic heterocycles. The van der Waals surface area contributed by atoms with Gasteiger partial charge >= 0.3 is 12.1 Å². The summed E-state index contributed by atoms with van der Waals surface area (Å²) >= 11 is 0. The smallest absolute Gasteiger partial charge is 0.411 e. The minimum Gasteiger partial charge on any atom is -0.480 e. The van der Waals surface area contributed by atoms with Crippen LogP contribution in [0.15, 0.2) is 0 Å². The minimum absolute atomic E-state index is 0.218. The first-order valence-corrected chi connectivity index (χ1v) is 5.10. The van der Waals surface area contributed by atoms with E-state index in [-0.39, 0.29) is 6.54 Å². The highest BCUT2D eigenvalue weighted by molar-refractivity contribution is 5.81. The van der Waals surface area contributed by atoms with Crippen LogP contribution in [0.1, 0.15) is 27.2 Å². The molecule has 2 atom stereocenters. The Morgan fingerprint density at radius 3 is 2.56 bits per heavy atom. The molecule has 0 unspecified atom stereocenters. The van der Waals surface area contributed by atoms with E-state index in [0.29, 0.717) is 6.42 Å². The van der Waals surface area contributed by atoms with Gasteiger partial charge in [0.05, 0.1) is 6.10 Å². The highest BCUT2D eigenvalue weighted by Crippen LogP contribution is 2.21. The maximum Gasteiger partial charge on any atom is 0.411 e. The molecule has 1 saturated heterocycles. The summed E-state index contributed by atoms with van der Waals surface area (Å²) in [5.74, 6) is -1.19. The summed E-state index contributed by atoms with van der Waals surface area (Å²) in [4.78, 5) is 23.9. The van der Waals surface area contributed by atoms with Crippen LogP contribution in [-0.2, 0) is 9.53 Å². The number of aliphatic hydroxyl groups is 1. The van der Waals surface area contributed by atoms with Crippen molar-refractivity contribution < 1.29 is 24.5 Å². The molecule has 0 spiro atoms. The summed E-state index contributed by atoms with van der Waals surface area (Å²) in [5.41, 5.74) is -0.681. The topological polar surface area (TPSA) is 87.1 Å². The molecule has 1 aliphatic heterocycles. The van der Waals surface area contributed by atoms with Crippen LogP contribution in [0.4, 0.5) is 4.79 Å².